The lowest BCUT2D eigenvalue weighted by molar-refractivity contribution is 0.255. The molecule has 2 aromatic rings. The van der Waals surface area contributed by atoms with Crippen molar-refractivity contribution in [3.05, 3.63) is 52.2 Å². The number of thiophene rings is 1. The summed E-state index contributed by atoms with van der Waals surface area (Å²) in [5.74, 6) is 0. The van der Waals surface area contributed by atoms with E-state index in [4.69, 9.17) is 5.73 Å². The molecule has 0 spiro atoms. The van der Waals surface area contributed by atoms with Crippen molar-refractivity contribution in [2.24, 2.45) is 0 Å². The molecule has 1 aromatic carbocycles. The topological polar surface area (TPSA) is 29.3 Å². The van der Waals surface area contributed by atoms with Gasteiger partial charge < -0.3 is 5.73 Å². The number of hydrogen-bond acceptors (Lipinski definition) is 3. The van der Waals surface area contributed by atoms with Crippen molar-refractivity contribution >= 4 is 17.0 Å². The predicted octanol–water partition coefficient (Wildman–Crippen LogP) is 3.52. The smallest absolute Gasteiger partial charge is 0.0330 e. The van der Waals surface area contributed by atoms with E-state index in [9.17, 15) is 0 Å². The maximum Gasteiger partial charge on any atom is 0.0330 e. The maximum atomic E-state index is 5.70. The summed E-state index contributed by atoms with van der Waals surface area (Å²) in [6, 6.07) is 12.8. The number of nitrogens with two attached hydrogens (primary N) is 1. The molecule has 0 radical (unpaired) electrons. The normalized spacial score (nSPS) is 12.9. The highest BCUT2D eigenvalue weighted by Crippen LogP contribution is 2.22. The fourth-order valence-corrected chi connectivity index (χ4v) is 2.58. The Morgan fingerprint density at radius 2 is 1.94 bits per heavy atom. The highest BCUT2D eigenvalue weighted by atomic mass is 32.1. The van der Waals surface area contributed by atoms with Crippen LogP contribution >= 0.6 is 11.3 Å². The molecule has 1 unspecified atom stereocenters. The molecule has 17 heavy (non-hydrogen) atoms. The third-order valence-corrected chi connectivity index (χ3v) is 3.93. The van der Waals surface area contributed by atoms with Gasteiger partial charge in [-0.2, -0.15) is 0 Å². The highest BCUT2D eigenvalue weighted by Gasteiger charge is 2.11. The van der Waals surface area contributed by atoms with E-state index in [1.165, 1.54) is 10.4 Å². The Morgan fingerprint density at radius 3 is 2.53 bits per heavy atom. The first-order valence-corrected chi connectivity index (χ1v) is 6.63. The molecule has 0 amide bonds. The number of hydrogen-bond donors (Lipinski definition) is 1. The van der Waals surface area contributed by atoms with Gasteiger partial charge in [-0.05, 0) is 43.1 Å². The van der Waals surface area contributed by atoms with Crippen LogP contribution < -0.4 is 5.73 Å². The van der Waals surface area contributed by atoms with Crippen molar-refractivity contribution in [2.75, 3.05) is 12.8 Å². The predicted molar refractivity (Wildman–Crippen MR) is 75.1 cm³/mol. The third-order valence-electron chi connectivity index (χ3n) is 3.07. The van der Waals surface area contributed by atoms with E-state index in [1.54, 1.807) is 11.3 Å². The number of anilines is 1. The molecule has 0 aliphatic carbocycles. The van der Waals surface area contributed by atoms with E-state index in [2.05, 4.69) is 48.5 Å². The Hall–Kier alpha value is -1.32. The Morgan fingerprint density at radius 1 is 1.24 bits per heavy atom. The van der Waals surface area contributed by atoms with Crippen LogP contribution in [0.15, 0.2) is 41.8 Å². The van der Waals surface area contributed by atoms with Gasteiger partial charge >= 0.3 is 0 Å². The van der Waals surface area contributed by atoms with Crippen LogP contribution in [0.2, 0.25) is 0 Å². The van der Waals surface area contributed by atoms with E-state index < -0.39 is 0 Å². The lowest BCUT2D eigenvalue weighted by atomic mass is 10.1. The van der Waals surface area contributed by atoms with Crippen LogP contribution in [0, 0.1) is 0 Å². The molecule has 1 aromatic heterocycles. The average molecular weight is 246 g/mol. The number of nitrogens with zero attached hydrogens (tertiary/aromatic N) is 1. The fraction of sp³-hybridized carbons (Fsp3) is 0.286. The zero-order valence-corrected chi connectivity index (χ0v) is 11.1. The quantitative estimate of drug-likeness (QED) is 0.836. The molecular formula is C14H18N2S. The third kappa shape index (κ3) is 3.08. The van der Waals surface area contributed by atoms with E-state index in [0.29, 0.717) is 6.04 Å². The molecular weight excluding hydrogens is 228 g/mol. The molecule has 1 heterocycles. The zero-order chi connectivity index (χ0) is 12.3. The van der Waals surface area contributed by atoms with Gasteiger partial charge in [-0.1, -0.05) is 18.2 Å². The Bertz CT molecular complexity index is 448. The first-order chi connectivity index (χ1) is 8.16. The van der Waals surface area contributed by atoms with E-state index in [0.717, 1.165) is 12.2 Å². The van der Waals surface area contributed by atoms with Gasteiger partial charge in [0.1, 0.15) is 0 Å². The van der Waals surface area contributed by atoms with Gasteiger partial charge in [0.25, 0.3) is 0 Å². The standard InChI is InChI=1S/C14H18N2S/c1-11(12-5-7-13(15)8-6-12)16(2)10-14-4-3-9-17-14/h3-9,11H,10,15H2,1-2H3. The second kappa shape index (κ2) is 5.34. The van der Waals surface area contributed by atoms with E-state index in [-0.39, 0.29) is 0 Å². The molecule has 0 fully saturated rings. The second-order valence-corrected chi connectivity index (χ2v) is 5.37. The molecule has 3 heteroatoms. The van der Waals surface area contributed by atoms with Crippen LogP contribution in [0.5, 0.6) is 0 Å². The van der Waals surface area contributed by atoms with Crippen molar-refractivity contribution in [3.8, 4) is 0 Å². The summed E-state index contributed by atoms with van der Waals surface area (Å²) < 4.78 is 0. The SMILES string of the molecule is CC(c1ccc(N)cc1)N(C)Cc1cccs1. The summed E-state index contributed by atoms with van der Waals surface area (Å²) in [5, 5.41) is 2.12. The lowest BCUT2D eigenvalue weighted by Gasteiger charge is -2.24. The van der Waals surface area contributed by atoms with Crippen LogP contribution in [0.25, 0.3) is 0 Å². The summed E-state index contributed by atoms with van der Waals surface area (Å²) >= 11 is 1.80. The molecule has 0 aliphatic rings. The van der Waals surface area contributed by atoms with Crippen LogP contribution in [-0.2, 0) is 6.54 Å². The Kier molecular flexibility index (Phi) is 3.82. The summed E-state index contributed by atoms with van der Waals surface area (Å²) in [6.07, 6.45) is 0. The molecule has 0 aliphatic heterocycles. The zero-order valence-electron chi connectivity index (χ0n) is 10.3. The minimum Gasteiger partial charge on any atom is -0.399 e. The largest absolute Gasteiger partial charge is 0.399 e. The maximum absolute atomic E-state index is 5.70. The summed E-state index contributed by atoms with van der Waals surface area (Å²) in [5.41, 5.74) is 7.83. The summed E-state index contributed by atoms with van der Waals surface area (Å²) in [4.78, 5) is 3.74. The van der Waals surface area contributed by atoms with Crippen molar-refractivity contribution < 1.29 is 0 Å². The van der Waals surface area contributed by atoms with Crippen molar-refractivity contribution in [2.45, 2.75) is 19.5 Å². The average Bonchev–Trinajstić information content (AvgIpc) is 2.82. The molecule has 0 saturated heterocycles. The van der Waals surface area contributed by atoms with Gasteiger partial charge in [0.2, 0.25) is 0 Å². The minimum atomic E-state index is 0.401. The number of nitrogen functional groups attached to an aromatic ring is 1. The van der Waals surface area contributed by atoms with Gasteiger partial charge in [-0.15, -0.1) is 11.3 Å². The lowest BCUT2D eigenvalue weighted by Crippen LogP contribution is -2.21. The summed E-state index contributed by atoms with van der Waals surface area (Å²) in [7, 11) is 2.15. The molecule has 2 N–H and O–H groups in total. The highest BCUT2D eigenvalue weighted by molar-refractivity contribution is 7.09. The van der Waals surface area contributed by atoms with Gasteiger partial charge in [0, 0.05) is 23.2 Å². The molecule has 2 nitrogen and oxygen atoms in total. The van der Waals surface area contributed by atoms with Crippen molar-refractivity contribution in [1.29, 1.82) is 0 Å². The fourth-order valence-electron chi connectivity index (χ4n) is 1.81. The van der Waals surface area contributed by atoms with Crippen LogP contribution in [0.4, 0.5) is 5.69 Å². The van der Waals surface area contributed by atoms with E-state index >= 15 is 0 Å². The van der Waals surface area contributed by atoms with Crippen LogP contribution in [-0.4, -0.2) is 11.9 Å². The molecule has 2 rings (SSSR count). The van der Waals surface area contributed by atoms with Crippen LogP contribution in [0.1, 0.15) is 23.4 Å². The molecule has 0 saturated carbocycles. The first-order valence-electron chi connectivity index (χ1n) is 5.75. The Labute approximate surface area is 107 Å². The second-order valence-electron chi connectivity index (χ2n) is 4.34. The van der Waals surface area contributed by atoms with Gasteiger partial charge in [0.05, 0.1) is 0 Å². The van der Waals surface area contributed by atoms with E-state index in [1.807, 2.05) is 12.1 Å². The number of benzene rings is 1. The molecule has 90 valence electrons. The monoisotopic (exact) mass is 246 g/mol. The van der Waals surface area contributed by atoms with Crippen molar-refractivity contribution in [3.63, 3.8) is 0 Å². The van der Waals surface area contributed by atoms with Gasteiger partial charge in [0.15, 0.2) is 0 Å². The molecule has 0 bridgehead atoms. The summed E-state index contributed by atoms with van der Waals surface area (Å²) in [6.45, 7) is 3.21. The molecule has 1 atom stereocenters. The van der Waals surface area contributed by atoms with Crippen LogP contribution in [0.3, 0.4) is 0 Å². The minimum absolute atomic E-state index is 0.401. The first kappa shape index (κ1) is 12.1. The number of rotatable bonds is 4. The van der Waals surface area contributed by atoms with Crippen molar-refractivity contribution in [1.82, 2.24) is 4.90 Å². The Balaban J connectivity index is 2.04. The van der Waals surface area contributed by atoms with Gasteiger partial charge in [-0.25, -0.2) is 0 Å². The van der Waals surface area contributed by atoms with Gasteiger partial charge in [-0.3, -0.25) is 4.90 Å².